The Morgan fingerprint density at radius 3 is 2.47 bits per heavy atom. The Balaban J connectivity index is 1.56. The van der Waals surface area contributed by atoms with Gasteiger partial charge in [-0.25, -0.2) is 0 Å². The maximum Gasteiger partial charge on any atom is 0.251 e. The molecule has 2 aromatic rings. The highest BCUT2D eigenvalue weighted by Crippen LogP contribution is 2.19. The second kappa shape index (κ2) is 11.3. The van der Waals surface area contributed by atoms with Crippen molar-refractivity contribution in [3.8, 4) is 5.75 Å². The fraction of sp³-hybridized carbons (Fsp3) is 0.400. The number of hydrogen-bond acceptors (Lipinski definition) is 4. The average molecular weight is 438 g/mol. The van der Waals surface area contributed by atoms with Crippen LogP contribution in [0.25, 0.3) is 0 Å². The predicted octanol–water partition coefficient (Wildman–Crippen LogP) is 2.76. The van der Waals surface area contributed by atoms with Crippen LogP contribution >= 0.6 is 0 Å². The van der Waals surface area contributed by atoms with Gasteiger partial charge in [-0.1, -0.05) is 36.8 Å². The zero-order chi connectivity index (χ0) is 22.9. The molecule has 0 saturated carbocycles. The number of likely N-dealkylation sites (N-methyl/N-ethyl adjacent to an activating group) is 1. The molecule has 3 rings (SSSR count). The van der Waals surface area contributed by atoms with Gasteiger partial charge in [-0.2, -0.15) is 0 Å². The summed E-state index contributed by atoms with van der Waals surface area (Å²) in [6.45, 7) is 0.830. The molecule has 1 saturated heterocycles. The van der Waals surface area contributed by atoms with Crippen LogP contribution in [0.15, 0.2) is 54.6 Å². The van der Waals surface area contributed by atoms with E-state index in [2.05, 4.69) is 10.6 Å². The van der Waals surface area contributed by atoms with E-state index in [1.807, 2.05) is 42.5 Å². The van der Waals surface area contributed by atoms with Crippen LogP contribution in [-0.4, -0.2) is 49.4 Å². The van der Waals surface area contributed by atoms with E-state index in [9.17, 15) is 14.4 Å². The van der Waals surface area contributed by atoms with Gasteiger partial charge in [0.15, 0.2) is 0 Å². The number of nitrogens with one attached hydrogen (secondary N) is 2. The van der Waals surface area contributed by atoms with Crippen LogP contribution in [-0.2, 0) is 16.1 Å². The monoisotopic (exact) mass is 437 g/mol. The second-order valence-electron chi connectivity index (χ2n) is 8.21. The van der Waals surface area contributed by atoms with Crippen molar-refractivity contribution in [3.63, 3.8) is 0 Å². The molecule has 3 amide bonds. The SMILES string of the molecule is COc1ccc(CNC(=O)C2CCCC(NC(=O)c3ccccc3)CN(C)C(=O)C2)cc1. The zero-order valence-electron chi connectivity index (χ0n) is 18.7. The molecule has 170 valence electrons. The number of benzene rings is 2. The van der Waals surface area contributed by atoms with Gasteiger partial charge in [-0.3, -0.25) is 14.4 Å². The fourth-order valence-electron chi connectivity index (χ4n) is 3.88. The molecule has 2 aromatic carbocycles. The van der Waals surface area contributed by atoms with Gasteiger partial charge in [0.05, 0.1) is 7.11 Å². The molecule has 2 N–H and O–H groups in total. The number of ether oxygens (including phenoxy) is 1. The first kappa shape index (κ1) is 23.3. The standard InChI is InChI=1S/C25H31N3O4/c1-28-17-21(27-25(31)19-7-4-3-5-8-19)10-6-9-20(15-23(28)29)24(30)26-16-18-11-13-22(32-2)14-12-18/h3-5,7-8,11-14,20-21H,6,9-10,15-17H2,1-2H3,(H,26,30)(H,27,31). The quantitative estimate of drug-likeness (QED) is 0.728. The maximum atomic E-state index is 12.8. The van der Waals surface area contributed by atoms with E-state index < -0.39 is 0 Å². The number of amides is 3. The molecule has 0 bridgehead atoms. The number of nitrogens with zero attached hydrogens (tertiary/aromatic N) is 1. The van der Waals surface area contributed by atoms with Crippen LogP contribution in [0.1, 0.15) is 41.6 Å². The molecular weight excluding hydrogens is 406 g/mol. The summed E-state index contributed by atoms with van der Waals surface area (Å²) in [6.07, 6.45) is 2.23. The summed E-state index contributed by atoms with van der Waals surface area (Å²) in [5, 5.41) is 5.99. The lowest BCUT2D eigenvalue weighted by atomic mass is 9.96. The molecule has 2 unspecified atom stereocenters. The van der Waals surface area contributed by atoms with Gasteiger partial charge in [0.2, 0.25) is 11.8 Å². The first-order chi connectivity index (χ1) is 15.5. The molecule has 7 heteroatoms. The van der Waals surface area contributed by atoms with Crippen molar-refractivity contribution in [1.82, 2.24) is 15.5 Å². The molecule has 32 heavy (non-hydrogen) atoms. The number of hydrogen-bond donors (Lipinski definition) is 2. The largest absolute Gasteiger partial charge is 0.497 e. The highest BCUT2D eigenvalue weighted by molar-refractivity contribution is 5.94. The lowest BCUT2D eigenvalue weighted by molar-refractivity contribution is -0.135. The first-order valence-corrected chi connectivity index (χ1v) is 11.0. The number of rotatable bonds is 6. The average Bonchev–Trinajstić information content (AvgIpc) is 2.88. The van der Waals surface area contributed by atoms with Crippen molar-refractivity contribution < 1.29 is 19.1 Å². The van der Waals surface area contributed by atoms with Gasteiger partial charge >= 0.3 is 0 Å². The van der Waals surface area contributed by atoms with Crippen LogP contribution < -0.4 is 15.4 Å². The van der Waals surface area contributed by atoms with E-state index in [1.165, 1.54) is 0 Å². The van der Waals surface area contributed by atoms with Crippen molar-refractivity contribution in [3.05, 3.63) is 65.7 Å². The molecular formula is C25H31N3O4. The Morgan fingerprint density at radius 2 is 1.78 bits per heavy atom. The van der Waals surface area contributed by atoms with Crippen LogP contribution in [0.3, 0.4) is 0 Å². The topological polar surface area (TPSA) is 87.7 Å². The molecule has 0 spiro atoms. The van der Waals surface area contributed by atoms with Crippen molar-refractivity contribution in [2.45, 2.75) is 38.3 Å². The van der Waals surface area contributed by atoms with Crippen molar-refractivity contribution >= 4 is 17.7 Å². The highest BCUT2D eigenvalue weighted by Gasteiger charge is 2.27. The normalized spacial score (nSPS) is 19.3. The molecule has 7 nitrogen and oxygen atoms in total. The van der Waals surface area contributed by atoms with E-state index in [0.29, 0.717) is 31.5 Å². The van der Waals surface area contributed by atoms with Gasteiger partial charge in [-0.05, 0) is 42.7 Å². The highest BCUT2D eigenvalue weighted by atomic mass is 16.5. The van der Waals surface area contributed by atoms with Gasteiger partial charge < -0.3 is 20.3 Å². The zero-order valence-corrected chi connectivity index (χ0v) is 18.7. The van der Waals surface area contributed by atoms with Crippen LogP contribution in [0.4, 0.5) is 0 Å². The number of carbonyl (C=O) groups is 3. The van der Waals surface area contributed by atoms with E-state index in [0.717, 1.165) is 17.7 Å². The third kappa shape index (κ3) is 6.57. The van der Waals surface area contributed by atoms with Crippen molar-refractivity contribution in [2.75, 3.05) is 20.7 Å². The minimum absolute atomic E-state index is 0.0875. The predicted molar refractivity (Wildman–Crippen MR) is 122 cm³/mol. The second-order valence-corrected chi connectivity index (χ2v) is 8.21. The Labute approximate surface area is 189 Å². The summed E-state index contributed by atoms with van der Waals surface area (Å²) >= 11 is 0. The lowest BCUT2D eigenvalue weighted by Crippen LogP contribution is -2.44. The first-order valence-electron chi connectivity index (χ1n) is 11.0. The molecule has 2 atom stereocenters. The third-order valence-electron chi connectivity index (χ3n) is 5.81. The fourth-order valence-corrected chi connectivity index (χ4v) is 3.88. The third-order valence-corrected chi connectivity index (χ3v) is 5.81. The Kier molecular flexibility index (Phi) is 8.25. The molecule has 0 aliphatic carbocycles. The van der Waals surface area contributed by atoms with Gasteiger partial charge in [-0.15, -0.1) is 0 Å². The molecule has 0 radical (unpaired) electrons. The summed E-state index contributed by atoms with van der Waals surface area (Å²) in [7, 11) is 3.33. The Hall–Kier alpha value is -3.35. The van der Waals surface area contributed by atoms with Crippen LogP contribution in [0, 0.1) is 5.92 Å². The van der Waals surface area contributed by atoms with E-state index in [1.54, 1.807) is 31.2 Å². The van der Waals surface area contributed by atoms with Crippen LogP contribution in [0.5, 0.6) is 5.75 Å². The number of carbonyl (C=O) groups excluding carboxylic acids is 3. The minimum Gasteiger partial charge on any atom is -0.497 e. The molecule has 1 aliphatic heterocycles. The Bertz CT molecular complexity index is 915. The van der Waals surface area contributed by atoms with E-state index >= 15 is 0 Å². The summed E-state index contributed by atoms with van der Waals surface area (Å²) in [4.78, 5) is 39.6. The molecule has 1 aliphatic rings. The van der Waals surface area contributed by atoms with Gasteiger partial charge in [0.1, 0.15) is 5.75 Å². The number of methoxy groups -OCH3 is 1. The summed E-state index contributed by atoms with van der Waals surface area (Å²) in [5.74, 6) is 0.0277. The summed E-state index contributed by atoms with van der Waals surface area (Å²) in [6, 6.07) is 16.4. The summed E-state index contributed by atoms with van der Waals surface area (Å²) < 4.78 is 5.15. The summed E-state index contributed by atoms with van der Waals surface area (Å²) in [5.41, 5.74) is 1.56. The molecule has 1 heterocycles. The Morgan fingerprint density at radius 1 is 1.06 bits per heavy atom. The minimum atomic E-state index is -0.383. The molecule has 1 fully saturated rings. The van der Waals surface area contributed by atoms with Gasteiger partial charge in [0, 0.05) is 44.1 Å². The maximum absolute atomic E-state index is 12.8. The molecule has 0 aromatic heterocycles. The van der Waals surface area contributed by atoms with Crippen molar-refractivity contribution in [1.29, 1.82) is 0 Å². The lowest BCUT2D eigenvalue weighted by Gasteiger charge is -2.24. The van der Waals surface area contributed by atoms with Crippen molar-refractivity contribution in [2.24, 2.45) is 5.92 Å². The van der Waals surface area contributed by atoms with E-state index in [4.69, 9.17) is 4.74 Å². The van der Waals surface area contributed by atoms with Crippen LogP contribution in [0.2, 0.25) is 0 Å². The van der Waals surface area contributed by atoms with E-state index in [-0.39, 0.29) is 36.1 Å². The van der Waals surface area contributed by atoms with Gasteiger partial charge in [0.25, 0.3) is 5.91 Å². The smallest absolute Gasteiger partial charge is 0.251 e.